The maximum atomic E-state index is 11.1. The van der Waals surface area contributed by atoms with Gasteiger partial charge in [-0.05, 0) is 25.8 Å². The van der Waals surface area contributed by atoms with Crippen molar-refractivity contribution < 1.29 is 9.90 Å². The van der Waals surface area contributed by atoms with Gasteiger partial charge in [0.1, 0.15) is 6.09 Å². The van der Waals surface area contributed by atoms with Gasteiger partial charge in [0.2, 0.25) is 0 Å². The van der Waals surface area contributed by atoms with E-state index in [0.717, 1.165) is 12.0 Å². The zero-order chi connectivity index (χ0) is 12.1. The molecule has 3 heteroatoms. The normalized spacial score (nSPS) is 14.2. The zero-order valence-corrected chi connectivity index (χ0v) is 10.0. The first-order valence-corrected chi connectivity index (χ1v) is 5.62. The van der Waals surface area contributed by atoms with Crippen LogP contribution in [0.3, 0.4) is 0 Å². The van der Waals surface area contributed by atoms with Crippen LogP contribution in [0.4, 0.5) is 4.79 Å². The van der Waals surface area contributed by atoms with Crippen molar-refractivity contribution in [3.05, 3.63) is 35.9 Å². The highest BCUT2D eigenvalue weighted by molar-refractivity contribution is 5.63. The molecule has 88 valence electrons. The molecule has 0 bridgehead atoms. The third-order valence-corrected chi connectivity index (χ3v) is 2.98. The van der Waals surface area contributed by atoms with Gasteiger partial charge in [-0.3, -0.25) is 0 Å². The fourth-order valence-corrected chi connectivity index (χ4v) is 1.81. The highest BCUT2D eigenvalue weighted by Gasteiger charge is 2.19. The Morgan fingerprint density at radius 3 is 2.31 bits per heavy atom. The first kappa shape index (κ1) is 12.6. The second-order valence-electron chi connectivity index (χ2n) is 4.02. The number of carbonyl (C=O) groups excluding carboxylic acids is 1. The van der Waals surface area contributed by atoms with Crippen LogP contribution in [-0.2, 0) is 0 Å². The van der Waals surface area contributed by atoms with E-state index in [4.69, 9.17) is 0 Å². The summed E-state index contributed by atoms with van der Waals surface area (Å²) in [6.07, 6.45) is -0.323. The lowest BCUT2D eigenvalue weighted by Gasteiger charge is -2.36. The van der Waals surface area contributed by atoms with Gasteiger partial charge in [-0.1, -0.05) is 37.3 Å². The molecule has 0 saturated heterocycles. The van der Waals surface area contributed by atoms with E-state index < -0.39 is 6.09 Å². The van der Waals surface area contributed by atoms with Crippen molar-refractivity contribution in [3.8, 4) is 0 Å². The van der Waals surface area contributed by atoms with Crippen LogP contribution >= 0.6 is 0 Å². The molecule has 0 aliphatic rings. The zero-order valence-electron chi connectivity index (χ0n) is 10.0. The number of hydrogen-bond donors (Lipinski definition) is 0. The minimum Gasteiger partial charge on any atom is -0.530 e. The summed E-state index contributed by atoms with van der Waals surface area (Å²) >= 11 is 0. The summed E-state index contributed by atoms with van der Waals surface area (Å²) in [7, 11) is 0. The number of amides is 1. The number of carbonyl (C=O) groups is 1. The first-order chi connectivity index (χ1) is 7.57. The summed E-state index contributed by atoms with van der Waals surface area (Å²) in [6.45, 7) is 5.75. The van der Waals surface area contributed by atoms with E-state index in [1.165, 1.54) is 4.90 Å². The van der Waals surface area contributed by atoms with Gasteiger partial charge in [0.15, 0.2) is 0 Å². The molecule has 0 spiro atoms. The summed E-state index contributed by atoms with van der Waals surface area (Å²) < 4.78 is 0. The largest absolute Gasteiger partial charge is 0.530 e. The van der Waals surface area contributed by atoms with Gasteiger partial charge in [-0.25, -0.2) is 0 Å². The van der Waals surface area contributed by atoms with Gasteiger partial charge < -0.3 is 14.8 Å². The monoisotopic (exact) mass is 220 g/mol. The highest BCUT2D eigenvalue weighted by atomic mass is 16.4. The molecule has 0 aliphatic heterocycles. The van der Waals surface area contributed by atoms with E-state index in [0.29, 0.717) is 0 Å². The Morgan fingerprint density at radius 2 is 1.88 bits per heavy atom. The molecule has 3 nitrogen and oxygen atoms in total. The topological polar surface area (TPSA) is 43.4 Å². The minimum absolute atomic E-state index is 0.0276. The Bertz CT molecular complexity index is 337. The molecule has 1 rings (SSSR count). The van der Waals surface area contributed by atoms with Crippen LogP contribution in [-0.4, -0.2) is 17.0 Å². The fraction of sp³-hybridized carbons (Fsp3) is 0.462. The van der Waals surface area contributed by atoms with Crippen LogP contribution in [0.15, 0.2) is 30.3 Å². The summed E-state index contributed by atoms with van der Waals surface area (Å²) in [5.41, 5.74) is 0.993. The van der Waals surface area contributed by atoms with E-state index in [1.54, 1.807) is 0 Å². The number of carboxylic acid groups (broad SMARTS) is 1. The van der Waals surface area contributed by atoms with Gasteiger partial charge in [0, 0.05) is 6.04 Å². The lowest BCUT2D eigenvalue weighted by atomic mass is 10.1. The summed E-state index contributed by atoms with van der Waals surface area (Å²) in [5, 5.41) is 11.1. The molecule has 0 N–H and O–H groups in total. The molecule has 0 fully saturated rings. The number of benzene rings is 1. The summed E-state index contributed by atoms with van der Waals surface area (Å²) in [5.74, 6) is 0. The highest BCUT2D eigenvalue weighted by Crippen LogP contribution is 2.22. The third kappa shape index (κ3) is 2.75. The molecule has 0 aliphatic carbocycles. The first-order valence-electron chi connectivity index (χ1n) is 5.62. The molecule has 1 aromatic rings. The van der Waals surface area contributed by atoms with Crippen molar-refractivity contribution in [2.24, 2.45) is 0 Å². The van der Waals surface area contributed by atoms with Crippen LogP contribution in [0.25, 0.3) is 0 Å². The van der Waals surface area contributed by atoms with Crippen molar-refractivity contribution >= 4 is 6.09 Å². The maximum absolute atomic E-state index is 11.1. The number of nitrogens with zero attached hydrogens (tertiary/aromatic N) is 1. The van der Waals surface area contributed by atoms with E-state index in [1.807, 2.05) is 51.1 Å². The average Bonchev–Trinajstić information content (AvgIpc) is 2.29. The molecule has 16 heavy (non-hydrogen) atoms. The van der Waals surface area contributed by atoms with Crippen molar-refractivity contribution in [1.82, 2.24) is 4.90 Å². The molecule has 2 unspecified atom stereocenters. The van der Waals surface area contributed by atoms with Crippen LogP contribution in [0.2, 0.25) is 0 Å². The van der Waals surface area contributed by atoms with E-state index >= 15 is 0 Å². The molecule has 0 saturated carbocycles. The predicted octanol–water partition coefficient (Wildman–Crippen LogP) is 2.19. The van der Waals surface area contributed by atoms with Crippen LogP contribution in [0.5, 0.6) is 0 Å². The molecule has 1 aromatic carbocycles. The molecule has 0 radical (unpaired) electrons. The van der Waals surface area contributed by atoms with Gasteiger partial charge in [0.05, 0.1) is 6.04 Å². The van der Waals surface area contributed by atoms with Gasteiger partial charge in [-0.15, -0.1) is 0 Å². The number of hydrogen-bond acceptors (Lipinski definition) is 2. The van der Waals surface area contributed by atoms with Gasteiger partial charge in [0.25, 0.3) is 0 Å². The summed E-state index contributed by atoms with van der Waals surface area (Å²) in [4.78, 5) is 12.5. The molecule has 2 atom stereocenters. The molecular formula is C13H18NO2-. The Balaban J connectivity index is 2.92. The van der Waals surface area contributed by atoms with E-state index in [9.17, 15) is 9.90 Å². The second-order valence-corrected chi connectivity index (χ2v) is 4.02. The van der Waals surface area contributed by atoms with Crippen LogP contribution < -0.4 is 5.11 Å². The molecule has 0 aromatic heterocycles. The Morgan fingerprint density at radius 1 is 1.31 bits per heavy atom. The molecule has 0 heterocycles. The van der Waals surface area contributed by atoms with E-state index in [-0.39, 0.29) is 12.1 Å². The van der Waals surface area contributed by atoms with Crippen LogP contribution in [0.1, 0.15) is 38.8 Å². The SMILES string of the molecule is CCC(C)N(C(=O)[O-])C(C)c1ccccc1. The lowest BCUT2D eigenvalue weighted by Crippen LogP contribution is -2.47. The lowest BCUT2D eigenvalue weighted by molar-refractivity contribution is -0.270. The third-order valence-electron chi connectivity index (χ3n) is 2.98. The second kappa shape index (κ2) is 5.54. The Kier molecular flexibility index (Phi) is 4.35. The van der Waals surface area contributed by atoms with E-state index in [2.05, 4.69) is 0 Å². The molecule has 1 amide bonds. The van der Waals surface area contributed by atoms with Gasteiger partial charge >= 0.3 is 0 Å². The fourth-order valence-electron chi connectivity index (χ4n) is 1.81. The van der Waals surface area contributed by atoms with Gasteiger partial charge in [-0.2, -0.15) is 0 Å². The maximum Gasteiger partial charge on any atom is 0.137 e. The van der Waals surface area contributed by atoms with Crippen molar-refractivity contribution in [1.29, 1.82) is 0 Å². The van der Waals surface area contributed by atoms with Crippen molar-refractivity contribution in [2.75, 3.05) is 0 Å². The van der Waals surface area contributed by atoms with Crippen molar-refractivity contribution in [2.45, 2.75) is 39.3 Å². The smallest absolute Gasteiger partial charge is 0.137 e. The van der Waals surface area contributed by atoms with Crippen LogP contribution in [0, 0.1) is 0 Å². The number of rotatable bonds is 4. The summed E-state index contributed by atoms with van der Waals surface area (Å²) in [6, 6.07) is 9.42. The Labute approximate surface area is 96.7 Å². The minimum atomic E-state index is -1.11. The molecular weight excluding hydrogens is 202 g/mol. The van der Waals surface area contributed by atoms with Crippen molar-refractivity contribution in [3.63, 3.8) is 0 Å². The predicted molar refractivity (Wildman–Crippen MR) is 61.8 cm³/mol. The Hall–Kier alpha value is -1.51. The standard InChI is InChI=1S/C13H19NO2/c1-4-10(2)14(13(15)16)11(3)12-8-6-5-7-9-12/h5-11H,4H2,1-3H3,(H,15,16)/p-1. The quantitative estimate of drug-likeness (QED) is 0.780. The average molecular weight is 220 g/mol.